The molecule has 0 aromatic heterocycles. The molecule has 0 aliphatic carbocycles. The summed E-state index contributed by atoms with van der Waals surface area (Å²) in [7, 11) is -2.19. The average Bonchev–Trinajstić information content (AvgIpc) is 2.96. The van der Waals surface area contributed by atoms with E-state index in [-0.39, 0.29) is 10.5 Å². The number of hydrogen-bond donors (Lipinski definition) is 1. The zero-order chi connectivity index (χ0) is 21.0. The number of nitrogens with zero attached hydrogens (tertiary/aromatic N) is 1. The molecule has 3 rings (SSSR count). The first kappa shape index (κ1) is 21.3. The molecule has 1 aliphatic heterocycles. The summed E-state index contributed by atoms with van der Waals surface area (Å²) in [5, 5.41) is 2.86. The summed E-state index contributed by atoms with van der Waals surface area (Å²) in [5.41, 5.74) is 2.92. The van der Waals surface area contributed by atoms with Gasteiger partial charge in [0, 0.05) is 18.8 Å². The van der Waals surface area contributed by atoms with Crippen molar-refractivity contribution in [2.75, 3.05) is 25.5 Å². The smallest absolute Gasteiger partial charge is 0.259 e. The molecule has 156 valence electrons. The minimum absolute atomic E-state index is 0.116. The molecular formula is C22H28N2O4S. The highest BCUT2D eigenvalue weighted by Crippen LogP contribution is 2.27. The Hall–Kier alpha value is -2.38. The zero-order valence-electron chi connectivity index (χ0n) is 17.2. The highest BCUT2D eigenvalue weighted by molar-refractivity contribution is 7.89. The summed E-state index contributed by atoms with van der Waals surface area (Å²) in [4.78, 5) is 13.0. The van der Waals surface area contributed by atoms with E-state index in [1.54, 1.807) is 6.07 Å². The average molecular weight is 417 g/mol. The van der Waals surface area contributed by atoms with Gasteiger partial charge in [0.05, 0.1) is 17.6 Å². The van der Waals surface area contributed by atoms with Crippen molar-refractivity contribution in [3.8, 4) is 5.75 Å². The Morgan fingerprint density at radius 2 is 1.59 bits per heavy atom. The largest absolute Gasteiger partial charge is 0.496 e. The number of rotatable bonds is 5. The van der Waals surface area contributed by atoms with Crippen LogP contribution in [0.15, 0.2) is 41.3 Å². The predicted molar refractivity (Wildman–Crippen MR) is 114 cm³/mol. The lowest BCUT2D eigenvalue weighted by molar-refractivity contribution is 0.102. The van der Waals surface area contributed by atoms with Gasteiger partial charge in [-0.05, 0) is 68.1 Å². The number of amides is 1. The van der Waals surface area contributed by atoms with E-state index >= 15 is 0 Å². The summed E-state index contributed by atoms with van der Waals surface area (Å²) in [6, 6.07) is 10.2. The van der Waals surface area contributed by atoms with Crippen LogP contribution in [0, 0.1) is 13.8 Å². The van der Waals surface area contributed by atoms with Gasteiger partial charge in [-0.25, -0.2) is 8.42 Å². The molecule has 0 spiro atoms. The van der Waals surface area contributed by atoms with Crippen LogP contribution in [-0.2, 0) is 10.0 Å². The first-order chi connectivity index (χ1) is 13.8. The van der Waals surface area contributed by atoms with E-state index in [1.165, 1.54) is 23.5 Å². The van der Waals surface area contributed by atoms with E-state index in [2.05, 4.69) is 5.32 Å². The summed E-state index contributed by atoms with van der Waals surface area (Å²) >= 11 is 0. The van der Waals surface area contributed by atoms with Crippen molar-refractivity contribution in [1.82, 2.24) is 4.31 Å². The maximum absolute atomic E-state index is 13.1. The number of nitrogens with one attached hydrogen (secondary N) is 1. The Bertz CT molecular complexity index is 974. The van der Waals surface area contributed by atoms with Gasteiger partial charge in [-0.1, -0.05) is 18.9 Å². The third-order valence-corrected chi connectivity index (χ3v) is 6.99. The van der Waals surface area contributed by atoms with Crippen LogP contribution in [0.3, 0.4) is 0 Å². The van der Waals surface area contributed by atoms with E-state index in [0.717, 1.165) is 36.8 Å². The Morgan fingerprint density at radius 3 is 2.17 bits per heavy atom. The van der Waals surface area contributed by atoms with Crippen LogP contribution >= 0.6 is 0 Å². The Morgan fingerprint density at radius 1 is 0.966 bits per heavy atom. The second-order valence-corrected chi connectivity index (χ2v) is 9.45. The van der Waals surface area contributed by atoms with Gasteiger partial charge in [-0.3, -0.25) is 4.79 Å². The van der Waals surface area contributed by atoms with Crippen LogP contribution in [0.1, 0.15) is 47.2 Å². The molecule has 1 fully saturated rings. The van der Waals surface area contributed by atoms with Crippen LogP contribution in [0.25, 0.3) is 0 Å². The predicted octanol–water partition coefficient (Wildman–Crippen LogP) is 4.13. The Kier molecular flexibility index (Phi) is 6.59. The molecule has 1 saturated heterocycles. The van der Waals surface area contributed by atoms with Gasteiger partial charge in [0.2, 0.25) is 10.0 Å². The zero-order valence-corrected chi connectivity index (χ0v) is 18.0. The van der Waals surface area contributed by atoms with Gasteiger partial charge < -0.3 is 10.1 Å². The van der Waals surface area contributed by atoms with Gasteiger partial charge in [0.25, 0.3) is 5.91 Å². The molecule has 7 heteroatoms. The van der Waals surface area contributed by atoms with Crippen LogP contribution in [0.5, 0.6) is 5.75 Å². The van der Waals surface area contributed by atoms with Crippen molar-refractivity contribution < 1.29 is 17.9 Å². The lowest BCUT2D eigenvalue weighted by atomic mass is 10.1. The highest BCUT2D eigenvalue weighted by Gasteiger charge is 2.27. The monoisotopic (exact) mass is 416 g/mol. The van der Waals surface area contributed by atoms with Crippen LogP contribution in [0.2, 0.25) is 0 Å². The normalized spacial score (nSPS) is 15.6. The fraction of sp³-hybridized carbons (Fsp3) is 0.409. The SMILES string of the molecule is COc1ccc(S(=O)(=O)N2CCCCCC2)cc1C(=O)Nc1cc(C)cc(C)c1. The van der Waals surface area contributed by atoms with Crippen LogP contribution in [0.4, 0.5) is 5.69 Å². The lowest BCUT2D eigenvalue weighted by Gasteiger charge is -2.20. The van der Waals surface area contributed by atoms with E-state index in [4.69, 9.17) is 4.74 Å². The quantitative estimate of drug-likeness (QED) is 0.795. The lowest BCUT2D eigenvalue weighted by Crippen LogP contribution is -2.32. The first-order valence-electron chi connectivity index (χ1n) is 9.89. The van der Waals surface area contributed by atoms with Crippen molar-refractivity contribution >= 4 is 21.6 Å². The van der Waals surface area contributed by atoms with E-state index in [9.17, 15) is 13.2 Å². The molecule has 1 N–H and O–H groups in total. The summed E-state index contributed by atoms with van der Waals surface area (Å²) in [5.74, 6) is -0.0681. The molecule has 2 aromatic rings. The van der Waals surface area contributed by atoms with Crippen molar-refractivity contribution in [3.05, 3.63) is 53.1 Å². The number of methoxy groups -OCH3 is 1. The Labute approximate surface area is 172 Å². The molecule has 1 heterocycles. The minimum Gasteiger partial charge on any atom is -0.496 e. The molecule has 0 unspecified atom stereocenters. The van der Waals surface area contributed by atoms with Gasteiger partial charge in [-0.2, -0.15) is 4.31 Å². The molecule has 0 atom stereocenters. The third kappa shape index (κ3) is 4.97. The second kappa shape index (κ2) is 8.97. The molecule has 0 saturated carbocycles. The fourth-order valence-electron chi connectivity index (χ4n) is 3.70. The molecule has 1 aliphatic rings. The van der Waals surface area contributed by atoms with Crippen molar-refractivity contribution in [2.24, 2.45) is 0 Å². The van der Waals surface area contributed by atoms with Crippen molar-refractivity contribution in [3.63, 3.8) is 0 Å². The fourth-order valence-corrected chi connectivity index (χ4v) is 5.25. The van der Waals surface area contributed by atoms with Crippen molar-refractivity contribution in [1.29, 1.82) is 0 Å². The Balaban J connectivity index is 1.93. The maximum Gasteiger partial charge on any atom is 0.259 e. The number of anilines is 1. The molecule has 29 heavy (non-hydrogen) atoms. The number of carbonyl (C=O) groups excluding carboxylic acids is 1. The van der Waals surface area contributed by atoms with E-state index < -0.39 is 15.9 Å². The van der Waals surface area contributed by atoms with Crippen LogP contribution in [-0.4, -0.2) is 38.8 Å². The van der Waals surface area contributed by atoms with Gasteiger partial charge in [0.15, 0.2) is 0 Å². The summed E-state index contributed by atoms with van der Waals surface area (Å²) in [6.07, 6.45) is 3.79. The number of sulfonamides is 1. The third-order valence-electron chi connectivity index (χ3n) is 5.10. The summed E-state index contributed by atoms with van der Waals surface area (Å²) in [6.45, 7) is 4.94. The molecular weight excluding hydrogens is 388 g/mol. The van der Waals surface area contributed by atoms with Gasteiger partial charge in [-0.15, -0.1) is 0 Å². The van der Waals surface area contributed by atoms with E-state index in [0.29, 0.717) is 24.5 Å². The number of hydrogen-bond acceptors (Lipinski definition) is 4. The van der Waals surface area contributed by atoms with E-state index in [1.807, 2.05) is 32.0 Å². The number of benzene rings is 2. The second-order valence-electron chi connectivity index (χ2n) is 7.51. The highest BCUT2D eigenvalue weighted by atomic mass is 32.2. The number of aryl methyl sites for hydroxylation is 2. The molecule has 0 radical (unpaired) electrons. The number of carbonyl (C=O) groups is 1. The van der Waals surface area contributed by atoms with Gasteiger partial charge in [0.1, 0.15) is 5.75 Å². The topological polar surface area (TPSA) is 75.7 Å². The molecule has 6 nitrogen and oxygen atoms in total. The van der Waals surface area contributed by atoms with Crippen LogP contribution < -0.4 is 10.1 Å². The molecule has 2 aromatic carbocycles. The van der Waals surface area contributed by atoms with Crippen molar-refractivity contribution in [2.45, 2.75) is 44.4 Å². The molecule has 1 amide bonds. The molecule has 0 bridgehead atoms. The standard InChI is InChI=1S/C22H28N2O4S/c1-16-12-17(2)14-18(13-16)23-22(25)20-15-19(8-9-21(20)28-3)29(26,27)24-10-6-4-5-7-11-24/h8-9,12-15H,4-7,10-11H2,1-3H3,(H,23,25). The first-order valence-corrected chi connectivity index (χ1v) is 11.3. The maximum atomic E-state index is 13.1. The van der Waals surface area contributed by atoms with Gasteiger partial charge >= 0.3 is 0 Å². The number of ether oxygens (including phenoxy) is 1. The summed E-state index contributed by atoms with van der Waals surface area (Å²) < 4.78 is 33.1. The minimum atomic E-state index is -3.65.